The van der Waals surface area contributed by atoms with E-state index in [2.05, 4.69) is 10.4 Å². The number of amides is 1. The average molecular weight is 433 g/mol. The summed E-state index contributed by atoms with van der Waals surface area (Å²) in [7, 11) is 0. The van der Waals surface area contributed by atoms with E-state index in [0.29, 0.717) is 6.54 Å². The Labute approximate surface area is 169 Å². The molecule has 2 aliphatic rings. The predicted molar refractivity (Wildman–Crippen MR) is 102 cm³/mol. The highest BCUT2D eigenvalue weighted by Gasteiger charge is 2.48. The third-order valence-corrected chi connectivity index (χ3v) is 6.79. The average Bonchev–Trinajstić information content (AvgIpc) is 3.29. The zero-order valence-corrected chi connectivity index (χ0v) is 16.7. The summed E-state index contributed by atoms with van der Waals surface area (Å²) in [6.07, 6.45) is -1.95. The van der Waals surface area contributed by atoms with Gasteiger partial charge in [0.05, 0.1) is 6.04 Å². The summed E-state index contributed by atoms with van der Waals surface area (Å²) in [5, 5.41) is 8.88. The molecule has 0 aromatic carbocycles. The number of aromatic nitrogens is 2. The molecule has 0 saturated carbocycles. The molecule has 0 spiro atoms. The van der Waals surface area contributed by atoms with E-state index < -0.39 is 24.2 Å². The van der Waals surface area contributed by atoms with Gasteiger partial charge in [0.2, 0.25) is 0 Å². The highest BCUT2D eigenvalue weighted by molar-refractivity contribution is 7.10. The van der Waals surface area contributed by atoms with Crippen molar-refractivity contribution >= 4 is 34.7 Å². The van der Waals surface area contributed by atoms with Gasteiger partial charge in [-0.25, -0.2) is 4.68 Å². The lowest BCUT2D eigenvalue weighted by atomic mass is 10.0. The van der Waals surface area contributed by atoms with Gasteiger partial charge in [-0.2, -0.15) is 18.3 Å². The number of thiophene rings is 1. The summed E-state index contributed by atoms with van der Waals surface area (Å²) in [5.74, 6) is -0.351. The normalized spacial score (nSPS) is 25.3. The fourth-order valence-corrected chi connectivity index (χ4v) is 4.99. The Morgan fingerprint density at radius 1 is 1.39 bits per heavy atom. The van der Waals surface area contributed by atoms with E-state index in [0.717, 1.165) is 28.8 Å². The van der Waals surface area contributed by atoms with Crippen molar-refractivity contribution in [1.82, 2.24) is 14.7 Å². The lowest BCUT2D eigenvalue weighted by Crippen LogP contribution is -2.42. The maximum absolute atomic E-state index is 13.8. The SMILES string of the molecule is CC1CCCCN1C(=O)c1nn2c(c1Cl)NC(c1cccs1)CC2C(F)(F)F. The van der Waals surface area contributed by atoms with Crippen molar-refractivity contribution in [3.05, 3.63) is 33.1 Å². The number of hydrogen-bond donors (Lipinski definition) is 1. The standard InChI is InChI=1S/C18H20ClF3N4OS/c1-10-5-2-3-7-25(10)17(27)15-14(19)16-23-11(12-6-4-8-28-12)9-13(18(20,21)22)26(16)24-15/h4,6,8,10-11,13,23H,2-3,5,7,9H2,1H3. The Morgan fingerprint density at radius 2 is 2.18 bits per heavy atom. The molecular formula is C18H20ClF3N4OS. The number of anilines is 1. The molecular weight excluding hydrogens is 413 g/mol. The number of piperidine rings is 1. The molecule has 0 aliphatic carbocycles. The second-order valence-corrected chi connectivity index (χ2v) is 8.66. The third-order valence-electron chi connectivity index (χ3n) is 5.45. The number of likely N-dealkylation sites (tertiary alicyclic amines) is 1. The van der Waals surface area contributed by atoms with Gasteiger partial charge in [0.15, 0.2) is 11.7 Å². The van der Waals surface area contributed by atoms with Gasteiger partial charge < -0.3 is 10.2 Å². The minimum atomic E-state index is -4.50. The van der Waals surface area contributed by atoms with Crippen LogP contribution in [-0.4, -0.2) is 39.4 Å². The van der Waals surface area contributed by atoms with Crippen LogP contribution in [0, 0.1) is 0 Å². The molecule has 1 fully saturated rings. The lowest BCUT2D eigenvalue weighted by Gasteiger charge is -2.33. The van der Waals surface area contributed by atoms with E-state index in [9.17, 15) is 18.0 Å². The highest BCUT2D eigenvalue weighted by atomic mass is 35.5. The zero-order valence-electron chi connectivity index (χ0n) is 15.2. The molecule has 1 saturated heterocycles. The number of hydrogen-bond acceptors (Lipinski definition) is 4. The van der Waals surface area contributed by atoms with Crippen molar-refractivity contribution in [2.24, 2.45) is 0 Å². The summed E-state index contributed by atoms with van der Waals surface area (Å²) in [5.41, 5.74) is -0.112. The Bertz CT molecular complexity index is 867. The van der Waals surface area contributed by atoms with Crippen LogP contribution in [0.2, 0.25) is 5.02 Å². The van der Waals surface area contributed by atoms with Crippen molar-refractivity contribution in [2.45, 2.75) is 56.9 Å². The third kappa shape index (κ3) is 3.39. The quantitative estimate of drug-likeness (QED) is 0.703. The Kier molecular flexibility index (Phi) is 5.07. The fraction of sp³-hybridized carbons (Fsp3) is 0.556. The van der Waals surface area contributed by atoms with Crippen LogP contribution >= 0.6 is 22.9 Å². The van der Waals surface area contributed by atoms with E-state index in [1.165, 1.54) is 11.3 Å². The number of fused-ring (bicyclic) bond motifs is 1. The second kappa shape index (κ2) is 7.26. The van der Waals surface area contributed by atoms with Crippen LogP contribution in [0.3, 0.4) is 0 Å². The number of halogens is 4. The Hall–Kier alpha value is -1.74. The van der Waals surface area contributed by atoms with Gasteiger partial charge in [-0.05, 0) is 37.6 Å². The van der Waals surface area contributed by atoms with Crippen LogP contribution in [0.1, 0.15) is 60.1 Å². The minimum Gasteiger partial charge on any atom is -0.361 e. The first-order chi connectivity index (χ1) is 13.3. The highest BCUT2D eigenvalue weighted by Crippen LogP contribution is 2.47. The molecule has 152 valence electrons. The monoisotopic (exact) mass is 432 g/mol. The molecule has 2 aromatic heterocycles. The molecule has 0 bridgehead atoms. The van der Waals surface area contributed by atoms with Crippen LogP contribution < -0.4 is 5.32 Å². The molecule has 1 amide bonds. The molecule has 3 atom stereocenters. The van der Waals surface area contributed by atoms with Crippen LogP contribution in [0.5, 0.6) is 0 Å². The first-order valence-electron chi connectivity index (χ1n) is 9.23. The van der Waals surface area contributed by atoms with Gasteiger partial charge in [-0.1, -0.05) is 17.7 Å². The number of nitrogens with zero attached hydrogens (tertiary/aromatic N) is 3. The fourth-order valence-electron chi connectivity index (χ4n) is 3.94. The van der Waals surface area contributed by atoms with Crippen LogP contribution in [0.25, 0.3) is 0 Å². The molecule has 1 N–H and O–H groups in total. The van der Waals surface area contributed by atoms with Gasteiger partial charge in [-0.15, -0.1) is 11.3 Å². The zero-order chi connectivity index (χ0) is 20.1. The summed E-state index contributed by atoms with van der Waals surface area (Å²) >= 11 is 7.77. The summed E-state index contributed by atoms with van der Waals surface area (Å²) < 4.78 is 42.2. The molecule has 3 unspecified atom stereocenters. The topological polar surface area (TPSA) is 50.2 Å². The first kappa shape index (κ1) is 19.6. The van der Waals surface area contributed by atoms with Gasteiger partial charge in [0.1, 0.15) is 10.8 Å². The van der Waals surface area contributed by atoms with Crippen molar-refractivity contribution in [3.63, 3.8) is 0 Å². The van der Waals surface area contributed by atoms with E-state index in [1.807, 2.05) is 12.3 Å². The van der Waals surface area contributed by atoms with Gasteiger partial charge >= 0.3 is 6.18 Å². The van der Waals surface area contributed by atoms with Gasteiger partial charge in [0.25, 0.3) is 5.91 Å². The summed E-state index contributed by atoms with van der Waals surface area (Å²) in [6, 6.07) is 1.22. The molecule has 4 rings (SSSR count). The first-order valence-corrected chi connectivity index (χ1v) is 10.5. The Balaban J connectivity index is 1.73. The van der Waals surface area contributed by atoms with Gasteiger partial charge in [-0.3, -0.25) is 4.79 Å². The van der Waals surface area contributed by atoms with Crippen LogP contribution in [0.4, 0.5) is 19.0 Å². The van der Waals surface area contributed by atoms with E-state index in [4.69, 9.17) is 11.6 Å². The molecule has 2 aromatic rings. The van der Waals surface area contributed by atoms with Crippen molar-refractivity contribution in [1.29, 1.82) is 0 Å². The number of nitrogens with one attached hydrogen (secondary N) is 1. The number of alkyl halides is 3. The molecule has 0 radical (unpaired) electrons. The number of carbonyl (C=O) groups excluding carboxylic acids is 1. The second-order valence-electron chi connectivity index (χ2n) is 7.30. The maximum Gasteiger partial charge on any atom is 0.410 e. The van der Waals surface area contributed by atoms with E-state index in [1.54, 1.807) is 17.0 Å². The van der Waals surface area contributed by atoms with E-state index in [-0.39, 0.29) is 29.0 Å². The van der Waals surface area contributed by atoms with E-state index >= 15 is 0 Å². The smallest absolute Gasteiger partial charge is 0.361 e. The number of carbonyl (C=O) groups is 1. The van der Waals surface area contributed by atoms with Crippen molar-refractivity contribution < 1.29 is 18.0 Å². The largest absolute Gasteiger partial charge is 0.410 e. The maximum atomic E-state index is 13.8. The Morgan fingerprint density at radius 3 is 2.82 bits per heavy atom. The molecule has 28 heavy (non-hydrogen) atoms. The van der Waals surface area contributed by atoms with Crippen molar-refractivity contribution in [3.8, 4) is 0 Å². The van der Waals surface area contributed by atoms with Crippen molar-refractivity contribution in [2.75, 3.05) is 11.9 Å². The summed E-state index contributed by atoms with van der Waals surface area (Å²) in [4.78, 5) is 15.4. The molecule has 2 aliphatic heterocycles. The lowest BCUT2D eigenvalue weighted by molar-refractivity contribution is -0.173. The molecule has 10 heteroatoms. The summed E-state index contributed by atoms with van der Waals surface area (Å²) in [6.45, 7) is 2.50. The predicted octanol–water partition coefficient (Wildman–Crippen LogP) is 5.27. The number of rotatable bonds is 2. The van der Waals surface area contributed by atoms with Gasteiger partial charge in [0, 0.05) is 23.9 Å². The molecule has 5 nitrogen and oxygen atoms in total. The minimum absolute atomic E-state index is 0.0151. The van der Waals surface area contributed by atoms with Crippen LogP contribution in [0.15, 0.2) is 17.5 Å². The van der Waals surface area contributed by atoms with Crippen LogP contribution in [-0.2, 0) is 0 Å². The molecule has 4 heterocycles.